The summed E-state index contributed by atoms with van der Waals surface area (Å²) in [5.74, 6) is 0. The zero-order chi connectivity index (χ0) is 19.0. The molecule has 0 saturated heterocycles. The maximum atomic E-state index is 12.8. The number of halogens is 1. The van der Waals surface area contributed by atoms with Gasteiger partial charge in [0.05, 0.1) is 16.8 Å². The number of aliphatic imine (C=N–C) groups is 1. The first-order valence-electron chi connectivity index (χ1n) is 8.74. The highest BCUT2D eigenvalue weighted by Crippen LogP contribution is 2.39. The Morgan fingerprint density at radius 1 is 1.30 bits per heavy atom. The molecule has 2 heterocycles. The van der Waals surface area contributed by atoms with Crippen LogP contribution in [0.25, 0.3) is 5.69 Å². The number of nitriles is 1. The quantitative estimate of drug-likeness (QED) is 0.431. The van der Waals surface area contributed by atoms with E-state index in [1.54, 1.807) is 17.6 Å². The van der Waals surface area contributed by atoms with Crippen LogP contribution < -0.4 is 5.56 Å². The van der Waals surface area contributed by atoms with Gasteiger partial charge in [0.2, 0.25) is 0 Å². The molecule has 1 aliphatic carbocycles. The van der Waals surface area contributed by atoms with Crippen LogP contribution in [0.5, 0.6) is 0 Å². The van der Waals surface area contributed by atoms with E-state index in [4.69, 9.17) is 0 Å². The van der Waals surface area contributed by atoms with Gasteiger partial charge in [0.25, 0.3) is 5.56 Å². The third-order valence-corrected chi connectivity index (χ3v) is 6.70. The molecule has 0 fully saturated rings. The molecule has 27 heavy (non-hydrogen) atoms. The number of nitrogens with zero attached hydrogens (tertiary/aromatic N) is 3. The van der Waals surface area contributed by atoms with Crippen LogP contribution in [0, 0.1) is 21.8 Å². The Bertz CT molecular complexity index is 1130. The Labute approximate surface area is 174 Å². The van der Waals surface area contributed by atoms with Crippen molar-refractivity contribution in [2.45, 2.75) is 32.6 Å². The first kappa shape index (κ1) is 18.2. The van der Waals surface area contributed by atoms with Crippen molar-refractivity contribution in [3.05, 3.63) is 65.5 Å². The van der Waals surface area contributed by atoms with Gasteiger partial charge in [-0.1, -0.05) is 0 Å². The van der Waals surface area contributed by atoms with Crippen molar-refractivity contribution >= 4 is 45.1 Å². The van der Waals surface area contributed by atoms with E-state index in [1.807, 2.05) is 31.2 Å². The fourth-order valence-corrected chi connectivity index (χ4v) is 4.91. The van der Waals surface area contributed by atoms with Crippen molar-refractivity contribution in [2.75, 3.05) is 0 Å². The molecule has 1 N–H and O–H groups in total. The molecular formula is C20H17IN4OS. The molecule has 136 valence electrons. The number of benzene rings is 1. The monoisotopic (exact) mass is 488 g/mol. The first-order chi connectivity index (χ1) is 13.1. The first-order valence-corrected chi connectivity index (χ1v) is 10.6. The number of aromatic amines is 1. The molecular weight excluding hydrogens is 471 g/mol. The summed E-state index contributed by atoms with van der Waals surface area (Å²) in [7, 11) is 0. The molecule has 7 heteroatoms. The van der Waals surface area contributed by atoms with Crippen LogP contribution in [0.3, 0.4) is 0 Å². The predicted molar refractivity (Wildman–Crippen MR) is 117 cm³/mol. The minimum absolute atomic E-state index is 0.141. The highest BCUT2D eigenvalue weighted by Gasteiger charge is 2.20. The van der Waals surface area contributed by atoms with Gasteiger partial charge in [-0.3, -0.25) is 9.89 Å². The lowest BCUT2D eigenvalue weighted by atomic mass is 9.96. The smallest absolute Gasteiger partial charge is 0.280 e. The molecule has 0 saturated carbocycles. The van der Waals surface area contributed by atoms with E-state index in [-0.39, 0.29) is 5.56 Å². The van der Waals surface area contributed by atoms with Gasteiger partial charge >= 0.3 is 0 Å². The molecule has 0 radical (unpaired) electrons. The molecule has 0 unspecified atom stereocenters. The molecule has 5 nitrogen and oxygen atoms in total. The summed E-state index contributed by atoms with van der Waals surface area (Å²) in [5.41, 5.74) is 3.75. The van der Waals surface area contributed by atoms with Gasteiger partial charge in [0, 0.05) is 20.4 Å². The molecule has 1 aliphatic rings. The van der Waals surface area contributed by atoms with Crippen molar-refractivity contribution in [3.63, 3.8) is 0 Å². The normalized spacial score (nSPS) is 13.7. The Morgan fingerprint density at radius 3 is 2.78 bits per heavy atom. The van der Waals surface area contributed by atoms with Crippen LogP contribution in [-0.2, 0) is 12.8 Å². The minimum atomic E-state index is -0.141. The molecule has 1 aromatic carbocycles. The standard InChI is InChI=1S/C20H17IN4OS/c1-12-17(20(26)25(24-12)14-8-6-13(21)7-9-14)11-23-19-16(10-22)15-4-2-3-5-18(15)27-19/h6-9,11,24H,2-5H2,1H3/b23-11+. The van der Waals surface area contributed by atoms with E-state index >= 15 is 0 Å². The average molecular weight is 488 g/mol. The second kappa shape index (κ2) is 7.44. The van der Waals surface area contributed by atoms with Gasteiger partial charge in [-0.15, -0.1) is 11.3 Å². The van der Waals surface area contributed by atoms with Crippen molar-refractivity contribution in [2.24, 2.45) is 4.99 Å². The van der Waals surface area contributed by atoms with Crippen LogP contribution in [0.1, 0.15) is 40.1 Å². The maximum absolute atomic E-state index is 12.8. The summed E-state index contributed by atoms with van der Waals surface area (Å²) in [6.07, 6.45) is 5.86. The molecule has 3 aromatic rings. The predicted octanol–water partition coefficient (Wildman–Crippen LogP) is 4.64. The van der Waals surface area contributed by atoms with Gasteiger partial charge in [0.1, 0.15) is 11.1 Å². The van der Waals surface area contributed by atoms with Crippen LogP contribution in [0.4, 0.5) is 5.00 Å². The second-order valence-corrected chi connectivity index (χ2v) is 8.86. The lowest BCUT2D eigenvalue weighted by Gasteiger charge is -2.09. The Kier molecular flexibility index (Phi) is 5.02. The molecule has 4 rings (SSSR count). The van der Waals surface area contributed by atoms with E-state index in [1.165, 1.54) is 16.0 Å². The largest absolute Gasteiger partial charge is 0.295 e. The van der Waals surface area contributed by atoms with Crippen molar-refractivity contribution in [1.29, 1.82) is 5.26 Å². The number of fused-ring (bicyclic) bond motifs is 1. The summed E-state index contributed by atoms with van der Waals surface area (Å²) in [4.78, 5) is 18.6. The summed E-state index contributed by atoms with van der Waals surface area (Å²) < 4.78 is 2.64. The molecule has 2 aromatic heterocycles. The molecule has 0 amide bonds. The van der Waals surface area contributed by atoms with Gasteiger partial charge in [-0.05, 0) is 85.0 Å². The number of H-pyrrole nitrogens is 1. The number of nitrogens with one attached hydrogen (secondary N) is 1. The average Bonchev–Trinajstić information content (AvgIpc) is 3.17. The maximum Gasteiger partial charge on any atom is 0.280 e. The Morgan fingerprint density at radius 2 is 2.04 bits per heavy atom. The highest BCUT2D eigenvalue weighted by molar-refractivity contribution is 14.1. The second-order valence-electron chi connectivity index (χ2n) is 6.53. The summed E-state index contributed by atoms with van der Waals surface area (Å²) in [6.45, 7) is 1.86. The number of aromatic nitrogens is 2. The summed E-state index contributed by atoms with van der Waals surface area (Å²) in [6, 6.07) is 10.0. The van der Waals surface area contributed by atoms with Gasteiger partial charge < -0.3 is 0 Å². The van der Waals surface area contributed by atoms with E-state index in [2.05, 4.69) is 38.8 Å². The van der Waals surface area contributed by atoms with E-state index < -0.39 is 0 Å². The molecule has 0 spiro atoms. The van der Waals surface area contributed by atoms with Crippen LogP contribution in [0.15, 0.2) is 34.1 Å². The third kappa shape index (κ3) is 3.39. The minimum Gasteiger partial charge on any atom is -0.295 e. The van der Waals surface area contributed by atoms with Crippen molar-refractivity contribution in [1.82, 2.24) is 9.78 Å². The lowest BCUT2D eigenvalue weighted by molar-refractivity contribution is 0.696. The molecule has 0 aliphatic heterocycles. The van der Waals surface area contributed by atoms with Crippen molar-refractivity contribution in [3.8, 4) is 11.8 Å². The number of hydrogen-bond donors (Lipinski definition) is 1. The third-order valence-electron chi connectivity index (χ3n) is 4.78. The Hall–Kier alpha value is -2.18. The SMILES string of the molecule is Cc1[nH]n(-c2ccc(I)cc2)c(=O)c1/C=N/c1sc2c(c1C#N)CCCC2. The summed E-state index contributed by atoms with van der Waals surface area (Å²) in [5, 5.41) is 13.4. The van der Waals surface area contributed by atoms with E-state index in [9.17, 15) is 10.1 Å². The zero-order valence-electron chi connectivity index (χ0n) is 14.8. The fraction of sp³-hybridized carbons (Fsp3) is 0.250. The fourth-order valence-electron chi connectivity index (χ4n) is 3.36. The topological polar surface area (TPSA) is 73.9 Å². The van der Waals surface area contributed by atoms with Gasteiger partial charge in [-0.2, -0.15) is 5.26 Å². The van der Waals surface area contributed by atoms with Crippen LogP contribution >= 0.6 is 33.9 Å². The van der Waals surface area contributed by atoms with Crippen LogP contribution in [0.2, 0.25) is 0 Å². The van der Waals surface area contributed by atoms with E-state index in [0.717, 1.165) is 39.8 Å². The number of thiophene rings is 1. The zero-order valence-corrected chi connectivity index (χ0v) is 17.7. The van der Waals surface area contributed by atoms with E-state index in [0.29, 0.717) is 16.1 Å². The van der Waals surface area contributed by atoms with Crippen molar-refractivity contribution < 1.29 is 0 Å². The molecule has 0 bridgehead atoms. The molecule has 0 atom stereocenters. The number of hydrogen-bond acceptors (Lipinski definition) is 4. The number of aryl methyl sites for hydroxylation is 2. The van der Waals surface area contributed by atoms with Gasteiger partial charge in [0.15, 0.2) is 0 Å². The van der Waals surface area contributed by atoms with Crippen LogP contribution in [-0.4, -0.2) is 16.0 Å². The lowest BCUT2D eigenvalue weighted by Crippen LogP contribution is -2.17. The van der Waals surface area contributed by atoms with Gasteiger partial charge in [-0.25, -0.2) is 9.67 Å². The number of rotatable bonds is 3. The summed E-state index contributed by atoms with van der Waals surface area (Å²) >= 11 is 3.82. The highest BCUT2D eigenvalue weighted by atomic mass is 127. The Balaban J connectivity index is 1.72.